The van der Waals surface area contributed by atoms with Crippen LogP contribution < -0.4 is 5.32 Å². The Labute approximate surface area is 114 Å². The van der Waals surface area contributed by atoms with Gasteiger partial charge in [-0.05, 0) is 11.5 Å². The lowest BCUT2D eigenvalue weighted by molar-refractivity contribution is -0.142. The summed E-state index contributed by atoms with van der Waals surface area (Å²) in [5, 5.41) is 12.5. The van der Waals surface area contributed by atoms with Crippen LogP contribution in [0.5, 0.6) is 0 Å². The molecule has 2 N–H and O–H groups in total. The summed E-state index contributed by atoms with van der Waals surface area (Å²) in [6.07, 6.45) is 0. The molecule has 19 heavy (non-hydrogen) atoms. The fraction of sp³-hybridized carbons (Fsp3) is 0.533. The zero-order valence-corrected chi connectivity index (χ0v) is 11.8. The van der Waals surface area contributed by atoms with Gasteiger partial charge in [0.05, 0.1) is 19.6 Å². The highest BCUT2D eigenvalue weighted by atomic mass is 16.5. The van der Waals surface area contributed by atoms with Gasteiger partial charge in [0.1, 0.15) is 0 Å². The topological polar surface area (TPSA) is 58.6 Å². The molecule has 2 atom stereocenters. The molecule has 0 aliphatic rings. The molecule has 0 aliphatic heterocycles. The van der Waals surface area contributed by atoms with Crippen molar-refractivity contribution in [3.8, 4) is 0 Å². The van der Waals surface area contributed by atoms with Gasteiger partial charge >= 0.3 is 5.97 Å². The van der Waals surface area contributed by atoms with Gasteiger partial charge in [-0.2, -0.15) is 0 Å². The first-order valence-electron chi connectivity index (χ1n) is 6.57. The molecule has 0 heterocycles. The molecule has 106 valence electrons. The van der Waals surface area contributed by atoms with Gasteiger partial charge in [0.2, 0.25) is 0 Å². The van der Waals surface area contributed by atoms with Crippen LogP contribution in [0.4, 0.5) is 0 Å². The fourth-order valence-corrected chi connectivity index (χ4v) is 1.95. The Kier molecular flexibility index (Phi) is 6.53. The Hall–Kier alpha value is -1.39. The van der Waals surface area contributed by atoms with E-state index < -0.39 is 0 Å². The molecule has 0 radical (unpaired) electrons. The highest BCUT2D eigenvalue weighted by Gasteiger charge is 2.23. The molecule has 0 saturated carbocycles. The highest BCUT2D eigenvalue weighted by Crippen LogP contribution is 2.17. The summed E-state index contributed by atoms with van der Waals surface area (Å²) in [6, 6.07) is 9.51. The van der Waals surface area contributed by atoms with E-state index in [1.807, 2.05) is 44.2 Å². The summed E-state index contributed by atoms with van der Waals surface area (Å²) < 4.78 is 4.85. The molecule has 4 nitrogen and oxygen atoms in total. The second-order valence-corrected chi connectivity index (χ2v) is 4.93. The van der Waals surface area contributed by atoms with Crippen LogP contribution in [0.1, 0.15) is 25.3 Å². The normalized spacial score (nSPS) is 14.2. The van der Waals surface area contributed by atoms with Crippen LogP contribution >= 0.6 is 0 Å². The molecule has 4 heteroatoms. The number of hydrogen-bond donors (Lipinski definition) is 2. The Morgan fingerprint density at radius 1 is 1.32 bits per heavy atom. The van der Waals surface area contributed by atoms with Crippen molar-refractivity contribution < 1.29 is 14.6 Å². The Bertz CT molecular complexity index is 378. The number of nitrogens with one attached hydrogen (secondary N) is 1. The van der Waals surface area contributed by atoms with Gasteiger partial charge in [0.25, 0.3) is 0 Å². The number of hydrogen-bond acceptors (Lipinski definition) is 4. The third-order valence-electron chi connectivity index (χ3n) is 3.27. The minimum atomic E-state index is -0.348. The third-order valence-corrected chi connectivity index (χ3v) is 3.27. The van der Waals surface area contributed by atoms with Crippen LogP contribution in [0, 0.1) is 5.92 Å². The average molecular weight is 265 g/mol. The van der Waals surface area contributed by atoms with Gasteiger partial charge in [0.15, 0.2) is 0 Å². The molecule has 0 amide bonds. The molecular formula is C15H23NO3. The number of aliphatic hydroxyl groups excluding tert-OH is 1. The van der Waals surface area contributed by atoms with Crippen molar-refractivity contribution in [1.29, 1.82) is 0 Å². The molecule has 0 fully saturated rings. The van der Waals surface area contributed by atoms with E-state index in [1.165, 1.54) is 7.11 Å². The summed E-state index contributed by atoms with van der Waals surface area (Å²) in [7, 11) is 1.39. The van der Waals surface area contributed by atoms with Gasteiger partial charge in [-0.1, -0.05) is 44.2 Å². The fourth-order valence-electron chi connectivity index (χ4n) is 1.95. The minimum Gasteiger partial charge on any atom is -0.469 e. The summed E-state index contributed by atoms with van der Waals surface area (Å²) in [4.78, 5) is 11.9. The maximum Gasteiger partial charge on any atom is 0.314 e. The predicted molar refractivity (Wildman–Crippen MR) is 74.9 cm³/mol. The second kappa shape index (κ2) is 7.92. The predicted octanol–water partition coefficient (Wildman–Crippen LogP) is 1.55. The SMILES string of the molecule is COC(=O)C(CNC(CO)C(C)C)c1ccccc1. The molecule has 0 saturated heterocycles. The van der Waals surface area contributed by atoms with Crippen molar-refractivity contribution in [3.05, 3.63) is 35.9 Å². The smallest absolute Gasteiger partial charge is 0.314 e. The number of carbonyl (C=O) groups is 1. The lowest BCUT2D eigenvalue weighted by atomic mass is 9.97. The summed E-state index contributed by atoms with van der Waals surface area (Å²) >= 11 is 0. The monoisotopic (exact) mass is 265 g/mol. The number of ether oxygens (including phenoxy) is 1. The number of rotatable bonds is 7. The van der Waals surface area contributed by atoms with Gasteiger partial charge < -0.3 is 15.2 Å². The zero-order chi connectivity index (χ0) is 14.3. The Morgan fingerprint density at radius 2 is 1.95 bits per heavy atom. The van der Waals surface area contributed by atoms with E-state index in [9.17, 15) is 9.90 Å². The zero-order valence-electron chi connectivity index (χ0n) is 11.8. The number of aliphatic hydroxyl groups is 1. The molecule has 0 bridgehead atoms. The molecule has 2 unspecified atom stereocenters. The standard InChI is InChI=1S/C15H23NO3/c1-11(2)14(10-17)16-9-13(15(18)19-3)12-7-5-4-6-8-12/h4-8,11,13-14,16-17H,9-10H2,1-3H3. The first kappa shape index (κ1) is 15.7. The van der Waals surface area contributed by atoms with E-state index in [4.69, 9.17) is 4.74 Å². The Balaban J connectivity index is 2.74. The lowest BCUT2D eigenvalue weighted by Crippen LogP contribution is -2.40. The molecule has 1 aromatic carbocycles. The van der Waals surface area contributed by atoms with E-state index in [-0.39, 0.29) is 24.5 Å². The van der Waals surface area contributed by atoms with Crippen molar-refractivity contribution in [1.82, 2.24) is 5.32 Å². The van der Waals surface area contributed by atoms with Gasteiger partial charge in [-0.15, -0.1) is 0 Å². The van der Waals surface area contributed by atoms with Crippen LogP contribution in [0.3, 0.4) is 0 Å². The van der Waals surface area contributed by atoms with Crippen LogP contribution in [-0.4, -0.2) is 37.4 Å². The summed E-state index contributed by atoms with van der Waals surface area (Å²) in [5.41, 5.74) is 0.919. The molecule has 1 rings (SSSR count). The van der Waals surface area contributed by atoms with E-state index >= 15 is 0 Å². The van der Waals surface area contributed by atoms with E-state index in [0.717, 1.165) is 5.56 Å². The largest absolute Gasteiger partial charge is 0.469 e. The number of methoxy groups -OCH3 is 1. The maximum absolute atomic E-state index is 11.9. The molecule has 0 aromatic heterocycles. The van der Waals surface area contributed by atoms with Crippen molar-refractivity contribution in [2.24, 2.45) is 5.92 Å². The number of benzene rings is 1. The first-order valence-corrected chi connectivity index (χ1v) is 6.57. The van der Waals surface area contributed by atoms with Crippen molar-refractivity contribution in [2.45, 2.75) is 25.8 Å². The lowest BCUT2D eigenvalue weighted by Gasteiger charge is -2.23. The van der Waals surface area contributed by atoms with Crippen LogP contribution in [-0.2, 0) is 9.53 Å². The van der Waals surface area contributed by atoms with Crippen LogP contribution in [0.2, 0.25) is 0 Å². The highest BCUT2D eigenvalue weighted by molar-refractivity contribution is 5.78. The first-order chi connectivity index (χ1) is 9.10. The van der Waals surface area contributed by atoms with Crippen LogP contribution in [0.15, 0.2) is 30.3 Å². The molecular weight excluding hydrogens is 242 g/mol. The van der Waals surface area contributed by atoms with Crippen molar-refractivity contribution >= 4 is 5.97 Å². The number of carbonyl (C=O) groups excluding carboxylic acids is 1. The maximum atomic E-state index is 11.9. The number of esters is 1. The van der Waals surface area contributed by atoms with E-state index in [1.54, 1.807) is 0 Å². The molecule has 0 spiro atoms. The summed E-state index contributed by atoms with van der Waals surface area (Å²) in [5.74, 6) is -0.308. The minimum absolute atomic E-state index is 0.0177. The quantitative estimate of drug-likeness (QED) is 0.734. The average Bonchev–Trinajstić information content (AvgIpc) is 2.43. The van der Waals surface area contributed by atoms with Gasteiger partial charge in [0, 0.05) is 12.6 Å². The van der Waals surface area contributed by atoms with Crippen molar-refractivity contribution in [2.75, 3.05) is 20.3 Å². The summed E-state index contributed by atoms with van der Waals surface area (Å²) in [6.45, 7) is 4.58. The van der Waals surface area contributed by atoms with Crippen LogP contribution in [0.25, 0.3) is 0 Å². The molecule has 0 aliphatic carbocycles. The third kappa shape index (κ3) is 4.65. The van der Waals surface area contributed by atoms with Crippen molar-refractivity contribution in [3.63, 3.8) is 0 Å². The van der Waals surface area contributed by atoms with E-state index in [0.29, 0.717) is 12.5 Å². The van der Waals surface area contributed by atoms with Gasteiger partial charge in [-0.25, -0.2) is 0 Å². The molecule has 1 aromatic rings. The van der Waals surface area contributed by atoms with E-state index in [2.05, 4.69) is 5.32 Å². The Morgan fingerprint density at radius 3 is 2.42 bits per heavy atom. The van der Waals surface area contributed by atoms with Gasteiger partial charge in [-0.3, -0.25) is 4.79 Å². The second-order valence-electron chi connectivity index (χ2n) is 4.93.